The van der Waals surface area contributed by atoms with Gasteiger partial charge in [-0.15, -0.1) is 0 Å². The molecule has 2 N–H and O–H groups in total. The molecular formula is C24H27N5O. The van der Waals surface area contributed by atoms with E-state index >= 15 is 0 Å². The Morgan fingerprint density at radius 3 is 2.70 bits per heavy atom. The van der Waals surface area contributed by atoms with E-state index < -0.39 is 0 Å². The molecule has 1 amide bonds. The Bertz CT molecular complexity index is 1040. The van der Waals surface area contributed by atoms with Crippen LogP contribution in [0.1, 0.15) is 31.0 Å². The molecule has 2 aromatic carbocycles. The molecule has 0 unspecified atom stereocenters. The van der Waals surface area contributed by atoms with Gasteiger partial charge in [0.05, 0.1) is 18.8 Å². The number of nitrogens with zero attached hydrogens (tertiary/aromatic N) is 3. The third-order valence-corrected chi connectivity index (χ3v) is 5.26. The lowest BCUT2D eigenvalue weighted by molar-refractivity contribution is -0.117. The number of benzene rings is 2. The van der Waals surface area contributed by atoms with Crippen LogP contribution in [0, 0.1) is 0 Å². The van der Waals surface area contributed by atoms with Crippen molar-refractivity contribution in [3.05, 3.63) is 72.1 Å². The lowest BCUT2D eigenvalue weighted by atomic mass is 10.1. The van der Waals surface area contributed by atoms with Crippen LogP contribution < -0.4 is 15.5 Å². The summed E-state index contributed by atoms with van der Waals surface area (Å²) in [6.45, 7) is 4.81. The topological polar surface area (TPSA) is 69.6 Å². The Hall–Kier alpha value is -3.41. The van der Waals surface area contributed by atoms with Crippen molar-refractivity contribution < 1.29 is 4.79 Å². The molecule has 6 nitrogen and oxygen atoms in total. The Morgan fingerprint density at radius 1 is 1.10 bits per heavy atom. The number of aromatic nitrogens is 1. The van der Waals surface area contributed by atoms with E-state index in [0.29, 0.717) is 19.5 Å². The molecule has 0 saturated carbocycles. The molecule has 2 heterocycles. The minimum absolute atomic E-state index is 0.210. The number of anilines is 1. The Morgan fingerprint density at radius 2 is 1.93 bits per heavy atom. The summed E-state index contributed by atoms with van der Waals surface area (Å²) < 4.78 is 0. The van der Waals surface area contributed by atoms with Gasteiger partial charge in [-0.3, -0.25) is 9.78 Å². The van der Waals surface area contributed by atoms with E-state index in [4.69, 9.17) is 4.99 Å². The van der Waals surface area contributed by atoms with Gasteiger partial charge in [0, 0.05) is 36.8 Å². The van der Waals surface area contributed by atoms with Crippen LogP contribution in [0.4, 0.5) is 5.69 Å². The highest BCUT2D eigenvalue weighted by atomic mass is 16.2. The quantitative estimate of drug-likeness (QED) is 0.489. The summed E-state index contributed by atoms with van der Waals surface area (Å²) in [6, 6.07) is 18.4. The van der Waals surface area contributed by atoms with Gasteiger partial charge in [0.2, 0.25) is 5.91 Å². The summed E-state index contributed by atoms with van der Waals surface area (Å²) in [5.41, 5.74) is 3.07. The van der Waals surface area contributed by atoms with Crippen LogP contribution in [-0.2, 0) is 17.9 Å². The molecule has 1 saturated heterocycles. The minimum atomic E-state index is 0.210. The maximum absolute atomic E-state index is 11.9. The molecule has 0 radical (unpaired) electrons. The molecule has 1 fully saturated rings. The zero-order valence-corrected chi connectivity index (χ0v) is 17.3. The molecule has 30 heavy (non-hydrogen) atoms. The highest BCUT2D eigenvalue weighted by Crippen LogP contribution is 2.21. The number of rotatable bonds is 6. The van der Waals surface area contributed by atoms with E-state index in [0.717, 1.165) is 47.8 Å². The lowest BCUT2D eigenvalue weighted by Gasteiger charge is -2.16. The molecule has 0 aliphatic carbocycles. The summed E-state index contributed by atoms with van der Waals surface area (Å²) >= 11 is 0. The maximum Gasteiger partial charge on any atom is 0.227 e. The van der Waals surface area contributed by atoms with E-state index in [9.17, 15) is 4.79 Å². The summed E-state index contributed by atoms with van der Waals surface area (Å²) in [7, 11) is 0. The van der Waals surface area contributed by atoms with Gasteiger partial charge in [0.1, 0.15) is 0 Å². The third kappa shape index (κ3) is 4.59. The molecule has 1 aliphatic heterocycles. The number of fused-ring (bicyclic) bond motifs is 1. The number of pyridine rings is 1. The monoisotopic (exact) mass is 401 g/mol. The summed E-state index contributed by atoms with van der Waals surface area (Å²) in [4.78, 5) is 23.0. The first-order chi connectivity index (χ1) is 14.7. The summed E-state index contributed by atoms with van der Waals surface area (Å²) in [5, 5.41) is 9.01. The third-order valence-electron chi connectivity index (χ3n) is 5.26. The largest absolute Gasteiger partial charge is 0.357 e. The number of hydrogen-bond acceptors (Lipinski definition) is 3. The highest BCUT2D eigenvalue weighted by Gasteiger charge is 2.21. The van der Waals surface area contributed by atoms with Gasteiger partial charge in [-0.05, 0) is 42.5 Å². The number of carbonyl (C=O) groups excluding carboxylic acids is 1. The van der Waals surface area contributed by atoms with Crippen molar-refractivity contribution in [2.75, 3.05) is 18.0 Å². The van der Waals surface area contributed by atoms with Crippen LogP contribution in [0.5, 0.6) is 0 Å². The van der Waals surface area contributed by atoms with Gasteiger partial charge in [-0.1, -0.05) is 36.4 Å². The molecule has 3 aromatic rings. The van der Waals surface area contributed by atoms with E-state index in [1.165, 1.54) is 5.39 Å². The molecule has 0 atom stereocenters. The minimum Gasteiger partial charge on any atom is -0.357 e. The summed E-state index contributed by atoms with van der Waals surface area (Å²) in [6.07, 6.45) is 3.43. The second-order valence-corrected chi connectivity index (χ2v) is 7.34. The van der Waals surface area contributed by atoms with Crippen LogP contribution in [0.3, 0.4) is 0 Å². The van der Waals surface area contributed by atoms with Crippen molar-refractivity contribution in [1.82, 2.24) is 15.6 Å². The van der Waals surface area contributed by atoms with Gasteiger partial charge in [-0.25, -0.2) is 4.99 Å². The predicted octanol–water partition coefficient (Wildman–Crippen LogP) is 3.62. The van der Waals surface area contributed by atoms with Crippen molar-refractivity contribution in [3.63, 3.8) is 0 Å². The molecule has 6 heteroatoms. The smallest absolute Gasteiger partial charge is 0.227 e. The fraction of sp³-hybridized carbons (Fsp3) is 0.292. The predicted molar refractivity (Wildman–Crippen MR) is 121 cm³/mol. The van der Waals surface area contributed by atoms with Crippen LogP contribution in [0.15, 0.2) is 65.8 Å². The Labute approximate surface area is 177 Å². The number of guanidine groups is 1. The normalized spacial score (nSPS) is 14.4. The second-order valence-electron chi connectivity index (χ2n) is 7.34. The van der Waals surface area contributed by atoms with E-state index in [2.05, 4.69) is 34.7 Å². The molecule has 154 valence electrons. The standard InChI is InChI=1S/C24H27N5O/c1-2-25-24(28-17-22-21-7-4-3-6-19(21)13-14-26-22)27-16-18-9-11-20(12-10-18)29-15-5-8-23(29)30/h3-4,6-7,9-14H,2,5,8,15-17H2,1H3,(H2,25,27,28). The molecule has 4 rings (SSSR count). The van der Waals surface area contributed by atoms with Crippen molar-refractivity contribution in [2.45, 2.75) is 32.9 Å². The molecule has 1 aromatic heterocycles. The van der Waals surface area contributed by atoms with Crippen molar-refractivity contribution in [3.8, 4) is 0 Å². The van der Waals surface area contributed by atoms with E-state index in [-0.39, 0.29) is 5.91 Å². The molecule has 0 spiro atoms. The van der Waals surface area contributed by atoms with Gasteiger partial charge < -0.3 is 15.5 Å². The fourth-order valence-electron chi connectivity index (χ4n) is 3.71. The van der Waals surface area contributed by atoms with Crippen molar-refractivity contribution in [1.29, 1.82) is 0 Å². The maximum atomic E-state index is 11.9. The number of hydrogen-bond donors (Lipinski definition) is 2. The highest BCUT2D eigenvalue weighted by molar-refractivity contribution is 5.95. The zero-order valence-electron chi connectivity index (χ0n) is 17.3. The van der Waals surface area contributed by atoms with Gasteiger partial charge in [-0.2, -0.15) is 0 Å². The van der Waals surface area contributed by atoms with Crippen molar-refractivity contribution >= 4 is 28.3 Å². The van der Waals surface area contributed by atoms with Gasteiger partial charge in [0.15, 0.2) is 5.96 Å². The summed E-state index contributed by atoms with van der Waals surface area (Å²) in [5.74, 6) is 0.965. The number of aliphatic imine (C=N–C) groups is 1. The van der Waals surface area contributed by atoms with Gasteiger partial charge >= 0.3 is 0 Å². The first-order valence-electron chi connectivity index (χ1n) is 10.5. The zero-order chi connectivity index (χ0) is 20.8. The lowest BCUT2D eigenvalue weighted by Crippen LogP contribution is -2.37. The first kappa shape index (κ1) is 19.9. The number of amides is 1. The van der Waals surface area contributed by atoms with E-state index in [1.54, 1.807) is 0 Å². The molecule has 0 bridgehead atoms. The number of carbonyl (C=O) groups is 1. The average molecular weight is 402 g/mol. The molecular weight excluding hydrogens is 374 g/mol. The van der Waals surface area contributed by atoms with Crippen LogP contribution in [-0.4, -0.2) is 29.9 Å². The van der Waals surface area contributed by atoms with Gasteiger partial charge in [0.25, 0.3) is 0 Å². The first-order valence-corrected chi connectivity index (χ1v) is 10.5. The Balaban J connectivity index is 1.41. The second kappa shape index (κ2) is 9.39. The van der Waals surface area contributed by atoms with Crippen LogP contribution >= 0.6 is 0 Å². The fourth-order valence-corrected chi connectivity index (χ4v) is 3.71. The van der Waals surface area contributed by atoms with E-state index in [1.807, 2.05) is 53.6 Å². The van der Waals surface area contributed by atoms with Crippen LogP contribution in [0.25, 0.3) is 10.8 Å². The average Bonchev–Trinajstić information content (AvgIpc) is 3.22. The Kier molecular flexibility index (Phi) is 6.23. The van der Waals surface area contributed by atoms with Crippen molar-refractivity contribution in [2.24, 2.45) is 4.99 Å². The molecule has 1 aliphatic rings. The SMILES string of the molecule is CCNC(=NCc1ccc(N2CCCC2=O)cc1)NCc1nccc2ccccc12. The number of nitrogens with one attached hydrogen (secondary N) is 2. The van der Waals surface area contributed by atoms with Crippen LogP contribution in [0.2, 0.25) is 0 Å².